The van der Waals surface area contributed by atoms with Gasteiger partial charge in [0.1, 0.15) is 5.82 Å². The summed E-state index contributed by atoms with van der Waals surface area (Å²) in [5.74, 6) is 0.227. The van der Waals surface area contributed by atoms with Crippen molar-refractivity contribution in [2.24, 2.45) is 0 Å². The number of nitrogens with zero attached hydrogens (tertiary/aromatic N) is 2. The largest absolute Gasteiger partial charge is 0.423 e. The van der Waals surface area contributed by atoms with Crippen molar-refractivity contribution in [2.75, 3.05) is 16.0 Å². The van der Waals surface area contributed by atoms with E-state index < -0.39 is 6.03 Å². The van der Waals surface area contributed by atoms with Gasteiger partial charge in [-0.2, -0.15) is 0 Å². The number of amides is 2. The number of aryl methyl sites for hydroxylation is 1. The average molecular weight is 403 g/mol. The molecule has 2 aromatic carbocycles. The summed E-state index contributed by atoms with van der Waals surface area (Å²) in [6.07, 6.45) is 5.00. The summed E-state index contributed by atoms with van der Waals surface area (Å²) in [6, 6.07) is 14.5. The Morgan fingerprint density at radius 2 is 1.77 bits per heavy atom. The highest BCUT2D eigenvalue weighted by Gasteiger charge is 2.10. The number of rotatable bonds is 5. The number of urea groups is 1. The Morgan fingerprint density at radius 1 is 1.00 bits per heavy atom. The molecule has 0 bridgehead atoms. The minimum absolute atomic E-state index is 0.324. The van der Waals surface area contributed by atoms with E-state index in [1.807, 2.05) is 25.1 Å². The molecule has 7 nitrogen and oxygen atoms in total. The Morgan fingerprint density at radius 3 is 2.53 bits per heavy atom. The lowest BCUT2D eigenvalue weighted by Crippen LogP contribution is -2.19. The van der Waals surface area contributed by atoms with Crippen molar-refractivity contribution >= 4 is 29.1 Å². The summed E-state index contributed by atoms with van der Waals surface area (Å²) >= 11 is 0. The molecule has 3 N–H and O–H groups in total. The maximum Gasteiger partial charge on any atom is 0.323 e. The lowest BCUT2D eigenvalue weighted by atomic mass is 10.2. The molecule has 0 aliphatic carbocycles. The second-order valence-electron chi connectivity index (χ2n) is 6.51. The third-order valence-corrected chi connectivity index (χ3v) is 4.29. The van der Waals surface area contributed by atoms with Crippen LogP contribution in [0.4, 0.5) is 32.3 Å². The third kappa shape index (κ3) is 4.61. The fraction of sp³-hybridized carbons (Fsp3) is 0.0455. The molecule has 2 heterocycles. The summed E-state index contributed by atoms with van der Waals surface area (Å²) in [5.41, 5.74) is 3.56. The zero-order valence-corrected chi connectivity index (χ0v) is 16.0. The smallest absolute Gasteiger partial charge is 0.323 e. The molecular formula is C22H18FN5O2. The van der Waals surface area contributed by atoms with E-state index in [-0.39, 0.29) is 5.82 Å². The fourth-order valence-corrected chi connectivity index (χ4v) is 2.75. The SMILES string of the molecule is Cc1ccc(NC(=O)Nc2ccc(F)cc2)cc1Nc1ncc(-c2cccnc2)o1. The molecule has 0 saturated carbocycles. The molecule has 4 aromatic rings. The lowest BCUT2D eigenvalue weighted by molar-refractivity contribution is 0.262. The van der Waals surface area contributed by atoms with Crippen molar-refractivity contribution in [3.63, 3.8) is 0 Å². The second kappa shape index (κ2) is 8.44. The van der Waals surface area contributed by atoms with Crippen molar-refractivity contribution in [3.05, 3.63) is 84.6 Å². The summed E-state index contributed by atoms with van der Waals surface area (Å²) in [5, 5.41) is 8.52. The molecule has 2 aromatic heterocycles. The second-order valence-corrected chi connectivity index (χ2v) is 6.51. The number of aromatic nitrogens is 2. The van der Waals surface area contributed by atoms with Crippen molar-refractivity contribution in [1.82, 2.24) is 9.97 Å². The van der Waals surface area contributed by atoms with Gasteiger partial charge in [0.05, 0.1) is 6.20 Å². The van der Waals surface area contributed by atoms with E-state index in [1.54, 1.807) is 30.7 Å². The van der Waals surface area contributed by atoms with Gasteiger partial charge in [0, 0.05) is 35.0 Å². The van der Waals surface area contributed by atoms with Crippen molar-refractivity contribution in [3.8, 4) is 11.3 Å². The summed E-state index contributed by atoms with van der Waals surface area (Å²) in [4.78, 5) is 20.5. The Labute approximate surface area is 172 Å². The van der Waals surface area contributed by atoms with E-state index in [2.05, 4.69) is 25.9 Å². The summed E-state index contributed by atoms with van der Waals surface area (Å²) in [7, 11) is 0. The van der Waals surface area contributed by atoms with Gasteiger partial charge in [0.25, 0.3) is 6.01 Å². The summed E-state index contributed by atoms with van der Waals surface area (Å²) < 4.78 is 18.7. The zero-order chi connectivity index (χ0) is 20.9. The number of carbonyl (C=O) groups excluding carboxylic acids is 1. The van der Waals surface area contributed by atoms with Crippen LogP contribution in [0.25, 0.3) is 11.3 Å². The number of pyridine rings is 1. The molecular weight excluding hydrogens is 385 g/mol. The Balaban J connectivity index is 1.45. The standard InChI is InChI=1S/C22H18FN5O2/c1-14-4-7-18(27-21(29)26-17-8-5-16(23)6-9-17)11-19(14)28-22-25-13-20(30-22)15-3-2-10-24-12-15/h2-13H,1H3,(H,25,28)(H2,26,27,29). The monoisotopic (exact) mass is 403 g/mol. The van der Waals surface area contributed by atoms with Gasteiger partial charge in [-0.3, -0.25) is 4.98 Å². The molecule has 0 spiro atoms. The van der Waals surface area contributed by atoms with Crippen molar-refractivity contribution < 1.29 is 13.6 Å². The number of anilines is 4. The predicted octanol–water partition coefficient (Wildman–Crippen LogP) is 5.57. The summed E-state index contributed by atoms with van der Waals surface area (Å²) in [6.45, 7) is 1.93. The van der Waals surface area contributed by atoms with E-state index in [1.165, 1.54) is 24.3 Å². The molecule has 0 atom stereocenters. The first-order chi connectivity index (χ1) is 14.6. The highest BCUT2D eigenvalue weighted by molar-refractivity contribution is 6.00. The highest BCUT2D eigenvalue weighted by atomic mass is 19.1. The lowest BCUT2D eigenvalue weighted by Gasteiger charge is -2.11. The van der Waals surface area contributed by atoms with Crippen LogP contribution in [0, 0.1) is 12.7 Å². The number of nitrogens with one attached hydrogen (secondary N) is 3. The highest BCUT2D eigenvalue weighted by Crippen LogP contribution is 2.27. The first kappa shape index (κ1) is 19.1. The Hall–Kier alpha value is -4.20. The maximum absolute atomic E-state index is 13.0. The third-order valence-electron chi connectivity index (χ3n) is 4.29. The van der Waals surface area contributed by atoms with E-state index in [0.29, 0.717) is 23.1 Å². The van der Waals surface area contributed by atoms with Gasteiger partial charge in [-0.05, 0) is 61.0 Å². The number of halogens is 1. The van der Waals surface area contributed by atoms with E-state index in [9.17, 15) is 9.18 Å². The van der Waals surface area contributed by atoms with Crippen LogP contribution in [-0.4, -0.2) is 16.0 Å². The zero-order valence-electron chi connectivity index (χ0n) is 16.0. The molecule has 0 radical (unpaired) electrons. The average Bonchev–Trinajstić information content (AvgIpc) is 3.21. The number of hydrogen-bond donors (Lipinski definition) is 3. The van der Waals surface area contributed by atoms with Crippen molar-refractivity contribution in [1.29, 1.82) is 0 Å². The molecule has 0 unspecified atom stereocenters. The molecule has 8 heteroatoms. The normalized spacial score (nSPS) is 10.5. The first-order valence-electron chi connectivity index (χ1n) is 9.14. The minimum Gasteiger partial charge on any atom is -0.423 e. The van der Waals surface area contributed by atoms with Gasteiger partial charge in [-0.1, -0.05) is 6.07 Å². The number of hydrogen-bond acceptors (Lipinski definition) is 5. The van der Waals surface area contributed by atoms with Crippen LogP contribution in [0.5, 0.6) is 0 Å². The molecule has 0 aliphatic heterocycles. The van der Waals surface area contributed by atoms with Crippen LogP contribution in [0.15, 0.2) is 77.6 Å². The fourth-order valence-electron chi connectivity index (χ4n) is 2.75. The Kier molecular flexibility index (Phi) is 5.38. The maximum atomic E-state index is 13.0. The van der Waals surface area contributed by atoms with Gasteiger partial charge in [0.2, 0.25) is 0 Å². The van der Waals surface area contributed by atoms with Gasteiger partial charge < -0.3 is 20.4 Å². The minimum atomic E-state index is -0.439. The molecule has 0 saturated heterocycles. The van der Waals surface area contributed by atoms with E-state index in [0.717, 1.165) is 16.8 Å². The predicted molar refractivity (Wildman–Crippen MR) is 113 cm³/mol. The van der Waals surface area contributed by atoms with Crippen LogP contribution in [0.2, 0.25) is 0 Å². The Bertz CT molecular complexity index is 1160. The van der Waals surface area contributed by atoms with Gasteiger partial charge >= 0.3 is 6.03 Å². The molecule has 4 rings (SSSR count). The van der Waals surface area contributed by atoms with Crippen LogP contribution < -0.4 is 16.0 Å². The van der Waals surface area contributed by atoms with Gasteiger partial charge in [-0.15, -0.1) is 0 Å². The molecule has 150 valence electrons. The number of benzene rings is 2. The molecule has 0 aliphatic rings. The number of carbonyl (C=O) groups is 1. The first-order valence-corrected chi connectivity index (χ1v) is 9.14. The van der Waals surface area contributed by atoms with E-state index >= 15 is 0 Å². The van der Waals surface area contributed by atoms with Crippen LogP contribution in [0.1, 0.15) is 5.56 Å². The van der Waals surface area contributed by atoms with Crippen LogP contribution in [-0.2, 0) is 0 Å². The molecule has 2 amide bonds. The topological polar surface area (TPSA) is 92.1 Å². The van der Waals surface area contributed by atoms with Crippen LogP contribution in [0.3, 0.4) is 0 Å². The quantitative estimate of drug-likeness (QED) is 0.405. The van der Waals surface area contributed by atoms with Crippen molar-refractivity contribution in [2.45, 2.75) is 6.92 Å². The van der Waals surface area contributed by atoms with Crippen LogP contribution >= 0.6 is 0 Å². The molecule has 0 fully saturated rings. The van der Waals surface area contributed by atoms with Gasteiger partial charge in [0.15, 0.2) is 5.76 Å². The molecule has 30 heavy (non-hydrogen) atoms. The number of oxazole rings is 1. The van der Waals surface area contributed by atoms with E-state index in [4.69, 9.17) is 4.42 Å². The van der Waals surface area contributed by atoms with Gasteiger partial charge in [-0.25, -0.2) is 14.2 Å².